The molecular formula is C46H64O3. The Balaban J connectivity index is 1.30. The fourth-order valence-electron chi connectivity index (χ4n) is 6.75. The van der Waals surface area contributed by atoms with Crippen molar-refractivity contribution in [3.63, 3.8) is 0 Å². The van der Waals surface area contributed by atoms with Crippen LogP contribution in [0.3, 0.4) is 0 Å². The molecule has 0 bridgehead atoms. The Hall–Kier alpha value is -3.30. The number of carbonyl (C=O) groups excluding carboxylic acids is 2. The average molecular weight is 665 g/mol. The Morgan fingerprint density at radius 2 is 0.837 bits per heavy atom. The lowest BCUT2D eigenvalue weighted by molar-refractivity contribution is 0.0847. The molecule has 1 aromatic rings. The first-order chi connectivity index (χ1) is 23.3. The van der Waals surface area contributed by atoms with Gasteiger partial charge in [-0.3, -0.25) is 9.59 Å². The first-order valence-electron chi connectivity index (χ1n) is 18.7. The maximum atomic E-state index is 13.3. The van der Waals surface area contributed by atoms with Crippen molar-refractivity contribution in [2.75, 3.05) is 0 Å². The van der Waals surface area contributed by atoms with E-state index in [9.17, 15) is 9.59 Å². The van der Waals surface area contributed by atoms with Gasteiger partial charge in [0, 0.05) is 17.5 Å². The van der Waals surface area contributed by atoms with E-state index in [0.717, 1.165) is 70.6 Å². The van der Waals surface area contributed by atoms with E-state index in [0.29, 0.717) is 17.5 Å². The second-order valence-corrected chi connectivity index (χ2v) is 15.2. The van der Waals surface area contributed by atoms with Crippen LogP contribution in [0.4, 0.5) is 0 Å². The standard InChI is InChI=1S/C46H64O3/c1-34(2)18-12-19-35(3)20-13-21-36(4)22-14-23-37(5)24-15-25-38(6)26-16-27-39(7)28-17-29-40(8)32-33-46-44(48)42-31-11-10-30-41(42)43(47)45(46,9)49-46/h10-11,18,20,22,24,26,28,30-32H,12-17,19,21,23,25,27,29,33H2,1-9H3/b35-20+,36-22+,37-24+,38-26+,39-28+,40-32+/t45-,46-/m0/s1. The van der Waals surface area contributed by atoms with Gasteiger partial charge in [-0.2, -0.15) is 0 Å². The Bertz CT molecular complexity index is 1530. The fraction of sp³-hybridized carbons (Fsp3) is 0.522. The van der Waals surface area contributed by atoms with Gasteiger partial charge < -0.3 is 4.74 Å². The first kappa shape index (κ1) is 40.1. The third-order valence-corrected chi connectivity index (χ3v) is 10.3. The number of fused-ring (bicyclic) bond motifs is 2. The van der Waals surface area contributed by atoms with Gasteiger partial charge in [0.1, 0.15) is 0 Å². The van der Waals surface area contributed by atoms with E-state index in [-0.39, 0.29) is 11.6 Å². The second kappa shape index (κ2) is 19.2. The van der Waals surface area contributed by atoms with Crippen LogP contribution in [0.15, 0.2) is 106 Å². The molecule has 0 amide bonds. The zero-order chi connectivity index (χ0) is 36.0. The molecule has 2 aliphatic rings. The maximum Gasteiger partial charge on any atom is 0.199 e. The molecule has 2 atom stereocenters. The minimum atomic E-state index is -1.04. The van der Waals surface area contributed by atoms with Gasteiger partial charge in [-0.1, -0.05) is 106 Å². The number of Topliss-reactive ketones (excluding diaryl/α,β-unsaturated/α-hetero) is 2. The Kier molecular flexibility index (Phi) is 15.7. The quantitative estimate of drug-likeness (QED) is 0.103. The van der Waals surface area contributed by atoms with E-state index in [1.165, 1.54) is 45.4 Å². The van der Waals surface area contributed by atoms with Crippen LogP contribution < -0.4 is 0 Å². The zero-order valence-corrected chi connectivity index (χ0v) is 32.3. The summed E-state index contributed by atoms with van der Waals surface area (Å²) >= 11 is 0. The van der Waals surface area contributed by atoms with Crippen molar-refractivity contribution in [2.45, 2.75) is 157 Å². The average Bonchev–Trinajstić information content (AvgIpc) is 3.69. The molecule has 0 spiro atoms. The lowest BCUT2D eigenvalue weighted by atomic mass is 9.73. The molecule has 1 fully saturated rings. The highest BCUT2D eigenvalue weighted by molar-refractivity contribution is 6.25. The number of hydrogen-bond acceptors (Lipinski definition) is 3. The van der Waals surface area contributed by atoms with Gasteiger partial charge in [0.05, 0.1) is 0 Å². The molecular weight excluding hydrogens is 601 g/mol. The molecule has 3 nitrogen and oxygen atoms in total. The molecule has 3 heteroatoms. The monoisotopic (exact) mass is 664 g/mol. The van der Waals surface area contributed by atoms with Crippen molar-refractivity contribution in [3.8, 4) is 0 Å². The molecule has 0 N–H and O–H groups in total. The summed E-state index contributed by atoms with van der Waals surface area (Å²) in [6, 6.07) is 7.09. The largest absolute Gasteiger partial charge is 0.345 e. The van der Waals surface area contributed by atoms with Crippen LogP contribution >= 0.6 is 0 Å². The van der Waals surface area contributed by atoms with Gasteiger partial charge in [0.15, 0.2) is 22.8 Å². The predicted octanol–water partition coefficient (Wildman–Crippen LogP) is 13.3. The summed E-state index contributed by atoms with van der Waals surface area (Å²) in [7, 11) is 0. The number of ketones is 2. The molecule has 1 saturated heterocycles. The summed E-state index contributed by atoms with van der Waals surface area (Å²) in [6.07, 6.45) is 30.2. The minimum Gasteiger partial charge on any atom is -0.345 e. The van der Waals surface area contributed by atoms with Crippen molar-refractivity contribution in [3.05, 3.63) is 117 Å². The SMILES string of the molecule is CC(C)=CCC/C(C)=C/CC/C(C)=C/CC/C(C)=C/CC/C(C)=C/CC/C(C)=C/CC/C(C)=C/C[C@@]12O[C@@]1(C)C(=O)c1ccccc1C2=O. The van der Waals surface area contributed by atoms with Crippen LogP contribution in [0.1, 0.15) is 167 Å². The van der Waals surface area contributed by atoms with Crippen molar-refractivity contribution < 1.29 is 14.3 Å². The van der Waals surface area contributed by atoms with Crippen LogP contribution in [0, 0.1) is 0 Å². The van der Waals surface area contributed by atoms with Crippen molar-refractivity contribution in [1.29, 1.82) is 0 Å². The molecule has 3 rings (SSSR count). The van der Waals surface area contributed by atoms with Crippen LogP contribution in [0.5, 0.6) is 0 Å². The maximum absolute atomic E-state index is 13.3. The Morgan fingerprint density at radius 1 is 0.510 bits per heavy atom. The summed E-state index contributed by atoms with van der Waals surface area (Å²) in [5.74, 6) is -0.138. The number of benzene rings is 1. The number of allylic oxidation sites excluding steroid dienone is 13. The molecule has 1 aliphatic heterocycles. The molecule has 1 aromatic carbocycles. The van der Waals surface area contributed by atoms with Crippen LogP contribution in [-0.4, -0.2) is 22.8 Å². The first-order valence-corrected chi connectivity index (χ1v) is 18.7. The van der Waals surface area contributed by atoms with Crippen molar-refractivity contribution in [1.82, 2.24) is 0 Å². The van der Waals surface area contributed by atoms with Gasteiger partial charge in [-0.25, -0.2) is 0 Å². The molecule has 0 saturated carbocycles. The highest BCUT2D eigenvalue weighted by atomic mass is 16.6. The van der Waals surface area contributed by atoms with E-state index in [4.69, 9.17) is 4.74 Å². The molecule has 0 unspecified atom stereocenters. The van der Waals surface area contributed by atoms with Gasteiger partial charge in [0.2, 0.25) is 0 Å². The number of carbonyl (C=O) groups is 2. The van der Waals surface area contributed by atoms with Gasteiger partial charge in [0.25, 0.3) is 0 Å². The van der Waals surface area contributed by atoms with Crippen LogP contribution in [-0.2, 0) is 4.74 Å². The minimum absolute atomic E-state index is 0.0616. The number of epoxide rings is 1. The van der Waals surface area contributed by atoms with Crippen molar-refractivity contribution in [2.24, 2.45) is 0 Å². The second-order valence-electron chi connectivity index (χ2n) is 15.2. The van der Waals surface area contributed by atoms with Crippen LogP contribution in [0.2, 0.25) is 0 Å². The molecule has 1 heterocycles. The van der Waals surface area contributed by atoms with E-state index in [1.807, 2.05) is 6.07 Å². The zero-order valence-electron chi connectivity index (χ0n) is 32.3. The number of ether oxygens (including phenoxy) is 1. The summed E-state index contributed by atoms with van der Waals surface area (Å²) < 4.78 is 5.94. The normalized spacial score (nSPS) is 21.9. The molecule has 1 aliphatic carbocycles. The molecule has 0 aromatic heterocycles. The van der Waals surface area contributed by atoms with E-state index < -0.39 is 11.2 Å². The predicted molar refractivity (Wildman–Crippen MR) is 209 cm³/mol. The van der Waals surface area contributed by atoms with Gasteiger partial charge in [-0.15, -0.1) is 0 Å². The van der Waals surface area contributed by atoms with Crippen molar-refractivity contribution >= 4 is 11.6 Å². The third kappa shape index (κ3) is 11.9. The third-order valence-electron chi connectivity index (χ3n) is 10.3. The number of rotatable bonds is 20. The summed E-state index contributed by atoms with van der Waals surface area (Å²) in [5.41, 5.74) is 8.95. The molecule has 0 radical (unpaired) electrons. The smallest absolute Gasteiger partial charge is 0.199 e. The Labute approximate surface area is 299 Å². The highest BCUT2D eigenvalue weighted by Crippen LogP contribution is 2.57. The summed E-state index contributed by atoms with van der Waals surface area (Å²) in [4.78, 5) is 26.3. The van der Waals surface area contributed by atoms with Crippen LogP contribution in [0.25, 0.3) is 0 Å². The lowest BCUT2D eigenvalue weighted by Gasteiger charge is -2.22. The molecule has 49 heavy (non-hydrogen) atoms. The van der Waals surface area contributed by atoms with Gasteiger partial charge in [-0.05, 0) is 139 Å². The number of hydrogen-bond donors (Lipinski definition) is 0. The van der Waals surface area contributed by atoms with E-state index in [2.05, 4.69) is 97.9 Å². The van der Waals surface area contributed by atoms with E-state index >= 15 is 0 Å². The van der Waals surface area contributed by atoms with Gasteiger partial charge >= 0.3 is 0 Å². The summed E-state index contributed by atoms with van der Waals surface area (Å²) in [5, 5.41) is 0. The topological polar surface area (TPSA) is 46.7 Å². The highest BCUT2D eigenvalue weighted by Gasteiger charge is 2.77. The van der Waals surface area contributed by atoms with E-state index in [1.54, 1.807) is 25.1 Å². The lowest BCUT2D eigenvalue weighted by Crippen LogP contribution is -2.43. The summed E-state index contributed by atoms with van der Waals surface area (Å²) in [6.45, 7) is 19.5. The Morgan fingerprint density at radius 3 is 1.20 bits per heavy atom. The molecule has 266 valence electrons. The fourth-order valence-corrected chi connectivity index (χ4v) is 6.75.